The Balaban J connectivity index is 1.78. The van der Waals surface area contributed by atoms with Crippen LogP contribution in [0.4, 0.5) is 10.1 Å². The molecule has 0 bridgehead atoms. The summed E-state index contributed by atoms with van der Waals surface area (Å²) in [5.41, 5.74) is 0.139. The summed E-state index contributed by atoms with van der Waals surface area (Å²) < 4.78 is 21.0. The second-order valence-electron chi connectivity index (χ2n) is 5.38. The maximum Gasteiger partial charge on any atom is 0.314 e. The second kappa shape index (κ2) is 5.53. The molecule has 0 N–H and O–H groups in total. The summed E-state index contributed by atoms with van der Waals surface area (Å²) in [5, 5.41) is 14.9. The van der Waals surface area contributed by atoms with Crippen molar-refractivity contribution in [1.82, 2.24) is 14.7 Å². The molecule has 0 radical (unpaired) electrons. The van der Waals surface area contributed by atoms with Crippen molar-refractivity contribution in [2.75, 3.05) is 26.3 Å². The molecule has 2 saturated heterocycles. The van der Waals surface area contributed by atoms with E-state index < -0.39 is 17.1 Å². The fourth-order valence-corrected chi connectivity index (χ4v) is 2.92. The molecule has 3 rings (SSSR count). The third-order valence-electron chi connectivity index (χ3n) is 4.19. The van der Waals surface area contributed by atoms with E-state index in [-0.39, 0.29) is 11.4 Å². The third kappa shape index (κ3) is 2.44. The number of piperidine rings is 1. The highest BCUT2D eigenvalue weighted by atomic mass is 19.1. The summed E-state index contributed by atoms with van der Waals surface area (Å²) in [6, 6.07) is -0.182. The smallest absolute Gasteiger partial charge is 0.314 e. The summed E-state index contributed by atoms with van der Waals surface area (Å²) in [7, 11) is 0. The Morgan fingerprint density at radius 1 is 1.57 bits per heavy atom. The Kier molecular flexibility index (Phi) is 3.73. The fraction of sp³-hybridized carbons (Fsp3) is 0.615. The van der Waals surface area contributed by atoms with Crippen LogP contribution >= 0.6 is 0 Å². The van der Waals surface area contributed by atoms with Crippen LogP contribution in [-0.2, 0) is 4.74 Å². The molecule has 2 aliphatic rings. The predicted octanol–water partition coefficient (Wildman–Crippen LogP) is 1.42. The average molecular weight is 296 g/mol. The van der Waals surface area contributed by atoms with Gasteiger partial charge in [-0.2, -0.15) is 5.10 Å². The second-order valence-corrected chi connectivity index (χ2v) is 5.38. The number of ether oxygens (including phenoxy) is 1. The number of halogens is 1. The molecule has 0 saturated carbocycles. The third-order valence-corrected chi connectivity index (χ3v) is 4.19. The monoisotopic (exact) mass is 296 g/mol. The maximum absolute atomic E-state index is 14.5. The van der Waals surface area contributed by atoms with E-state index in [1.54, 1.807) is 0 Å². The van der Waals surface area contributed by atoms with E-state index in [1.165, 1.54) is 10.8 Å². The van der Waals surface area contributed by atoms with Gasteiger partial charge in [0.2, 0.25) is 0 Å². The first kappa shape index (κ1) is 14.2. The summed E-state index contributed by atoms with van der Waals surface area (Å²) >= 11 is 0. The lowest BCUT2D eigenvalue weighted by Crippen LogP contribution is -2.55. The Morgan fingerprint density at radius 3 is 2.86 bits per heavy atom. The van der Waals surface area contributed by atoms with Gasteiger partial charge in [0.1, 0.15) is 18.1 Å². The summed E-state index contributed by atoms with van der Waals surface area (Å²) in [6.45, 7) is 5.94. The van der Waals surface area contributed by atoms with Crippen LogP contribution in [0.15, 0.2) is 12.8 Å². The minimum absolute atomic E-state index is 0.132. The number of hydrogen-bond acceptors (Lipinski definition) is 5. The van der Waals surface area contributed by atoms with Crippen molar-refractivity contribution >= 4 is 11.8 Å². The van der Waals surface area contributed by atoms with Crippen molar-refractivity contribution in [1.29, 1.82) is 0 Å². The van der Waals surface area contributed by atoms with Crippen molar-refractivity contribution in [2.45, 2.75) is 24.7 Å². The molecular weight excluding hydrogens is 279 g/mol. The van der Waals surface area contributed by atoms with Crippen LogP contribution in [0, 0.1) is 10.1 Å². The average Bonchev–Trinajstić information content (AvgIpc) is 2.80. The van der Waals surface area contributed by atoms with Gasteiger partial charge in [0.15, 0.2) is 0 Å². The van der Waals surface area contributed by atoms with Crippen LogP contribution in [0.1, 0.15) is 18.2 Å². The molecule has 3 heterocycles. The number of nitro groups is 1. The SMILES string of the molecule is C=Cc1c([N+](=O)[O-])cnn1C1CCN(C2COC2)CC1F. The predicted molar refractivity (Wildman–Crippen MR) is 73.7 cm³/mol. The highest BCUT2D eigenvalue weighted by molar-refractivity contribution is 5.55. The van der Waals surface area contributed by atoms with Gasteiger partial charge in [-0.15, -0.1) is 0 Å². The first-order chi connectivity index (χ1) is 10.1. The molecule has 8 heteroatoms. The maximum atomic E-state index is 14.5. The van der Waals surface area contributed by atoms with Crippen molar-refractivity contribution in [3.63, 3.8) is 0 Å². The Morgan fingerprint density at radius 2 is 2.33 bits per heavy atom. The molecule has 21 heavy (non-hydrogen) atoms. The minimum atomic E-state index is -1.11. The van der Waals surface area contributed by atoms with Gasteiger partial charge >= 0.3 is 5.69 Å². The van der Waals surface area contributed by atoms with E-state index in [0.717, 1.165) is 12.7 Å². The summed E-state index contributed by atoms with van der Waals surface area (Å²) in [4.78, 5) is 12.5. The van der Waals surface area contributed by atoms with Crippen LogP contribution in [0.25, 0.3) is 6.08 Å². The van der Waals surface area contributed by atoms with E-state index in [4.69, 9.17) is 4.74 Å². The molecule has 0 aliphatic carbocycles. The zero-order chi connectivity index (χ0) is 15.0. The van der Waals surface area contributed by atoms with Crippen molar-refractivity contribution in [3.8, 4) is 0 Å². The van der Waals surface area contributed by atoms with Crippen LogP contribution < -0.4 is 0 Å². The van der Waals surface area contributed by atoms with Gasteiger partial charge in [-0.05, 0) is 12.5 Å². The highest BCUT2D eigenvalue weighted by Crippen LogP contribution is 2.31. The van der Waals surface area contributed by atoms with Gasteiger partial charge in [0.25, 0.3) is 0 Å². The molecule has 2 aliphatic heterocycles. The number of alkyl halides is 1. The Bertz CT molecular complexity index is 558. The van der Waals surface area contributed by atoms with Gasteiger partial charge in [0, 0.05) is 13.1 Å². The Labute approximate surface area is 121 Å². The highest BCUT2D eigenvalue weighted by Gasteiger charge is 2.37. The van der Waals surface area contributed by atoms with Crippen molar-refractivity contribution in [2.24, 2.45) is 0 Å². The number of nitrogens with zero attached hydrogens (tertiary/aromatic N) is 4. The molecule has 2 fully saturated rings. The standard InChI is InChI=1S/C13H17FN4O3/c1-2-11-13(18(19)20)5-15-17(11)12-3-4-16(6-10(12)14)9-7-21-8-9/h2,5,9-10,12H,1,3-4,6-8H2. The number of aromatic nitrogens is 2. The van der Waals surface area contributed by atoms with Gasteiger partial charge in [-0.3, -0.25) is 19.7 Å². The lowest BCUT2D eigenvalue weighted by atomic mass is 10.0. The van der Waals surface area contributed by atoms with Crippen LogP contribution in [0.3, 0.4) is 0 Å². The Hall–Kier alpha value is -1.80. The van der Waals surface area contributed by atoms with Crippen molar-refractivity contribution < 1.29 is 14.1 Å². The van der Waals surface area contributed by atoms with E-state index in [1.807, 2.05) is 0 Å². The fourth-order valence-electron chi connectivity index (χ4n) is 2.92. The normalized spacial score (nSPS) is 27.3. The summed E-state index contributed by atoms with van der Waals surface area (Å²) in [6.07, 6.45) is 1.98. The van der Waals surface area contributed by atoms with Crippen LogP contribution in [-0.4, -0.2) is 58.1 Å². The van der Waals surface area contributed by atoms with E-state index in [2.05, 4.69) is 16.6 Å². The molecule has 0 spiro atoms. The number of hydrogen-bond donors (Lipinski definition) is 0. The van der Waals surface area contributed by atoms with Crippen LogP contribution in [0.5, 0.6) is 0 Å². The zero-order valence-electron chi connectivity index (χ0n) is 11.5. The first-order valence-corrected chi connectivity index (χ1v) is 6.92. The number of likely N-dealkylation sites (tertiary alicyclic amines) is 1. The molecule has 1 aromatic heterocycles. The zero-order valence-corrected chi connectivity index (χ0v) is 11.5. The minimum Gasteiger partial charge on any atom is -0.378 e. The van der Waals surface area contributed by atoms with E-state index in [9.17, 15) is 14.5 Å². The quantitative estimate of drug-likeness (QED) is 0.620. The van der Waals surface area contributed by atoms with Gasteiger partial charge in [-0.1, -0.05) is 6.58 Å². The lowest BCUT2D eigenvalue weighted by molar-refractivity contribution is -0.385. The molecule has 2 atom stereocenters. The molecule has 7 nitrogen and oxygen atoms in total. The number of rotatable bonds is 4. The molecule has 114 valence electrons. The molecule has 1 aromatic rings. The van der Waals surface area contributed by atoms with Crippen LogP contribution in [0.2, 0.25) is 0 Å². The van der Waals surface area contributed by atoms with Gasteiger partial charge in [-0.25, -0.2) is 4.39 Å². The molecular formula is C13H17FN4O3. The van der Waals surface area contributed by atoms with Gasteiger partial charge in [0.05, 0.1) is 30.2 Å². The molecule has 2 unspecified atom stereocenters. The largest absolute Gasteiger partial charge is 0.378 e. The van der Waals surface area contributed by atoms with Crippen molar-refractivity contribution in [3.05, 3.63) is 28.6 Å². The molecule has 0 aromatic carbocycles. The topological polar surface area (TPSA) is 73.4 Å². The van der Waals surface area contributed by atoms with Gasteiger partial charge < -0.3 is 4.74 Å². The van der Waals surface area contributed by atoms with E-state index >= 15 is 0 Å². The van der Waals surface area contributed by atoms with E-state index in [0.29, 0.717) is 32.2 Å². The molecule has 0 amide bonds. The summed E-state index contributed by atoms with van der Waals surface area (Å²) in [5.74, 6) is 0. The first-order valence-electron chi connectivity index (χ1n) is 6.92. The lowest BCUT2D eigenvalue weighted by Gasteiger charge is -2.42.